The van der Waals surface area contributed by atoms with Crippen LogP contribution in [0.15, 0.2) is 18.2 Å². The van der Waals surface area contributed by atoms with Gasteiger partial charge in [-0.2, -0.15) is 0 Å². The van der Waals surface area contributed by atoms with E-state index in [0.717, 1.165) is 17.0 Å². The molecule has 11 heavy (non-hydrogen) atoms. The third-order valence-electron chi connectivity index (χ3n) is 1.73. The molecule has 0 fully saturated rings. The lowest BCUT2D eigenvalue weighted by Gasteiger charge is -1.99. The zero-order valence-corrected chi connectivity index (χ0v) is 6.63. The number of hydrogen-bond acceptors (Lipinski definition) is 1. The van der Waals surface area contributed by atoms with Gasteiger partial charge in [-0.3, -0.25) is 4.40 Å². The van der Waals surface area contributed by atoms with Crippen LogP contribution < -0.4 is 0 Å². The van der Waals surface area contributed by atoms with Crippen molar-refractivity contribution in [1.82, 2.24) is 9.38 Å². The van der Waals surface area contributed by atoms with E-state index in [1.54, 1.807) is 0 Å². The van der Waals surface area contributed by atoms with E-state index in [-0.39, 0.29) is 0 Å². The second-order valence-corrected chi connectivity index (χ2v) is 2.67. The fourth-order valence-electron chi connectivity index (χ4n) is 1.29. The molecule has 0 N–H and O–H groups in total. The molecule has 0 atom stereocenters. The highest BCUT2D eigenvalue weighted by molar-refractivity contribution is 5.48. The van der Waals surface area contributed by atoms with Crippen molar-refractivity contribution in [3.05, 3.63) is 35.9 Å². The first-order valence-corrected chi connectivity index (χ1v) is 3.61. The van der Waals surface area contributed by atoms with Gasteiger partial charge in [-0.1, -0.05) is 0 Å². The Morgan fingerprint density at radius 2 is 2.27 bits per heavy atom. The smallest absolute Gasteiger partial charge is 0.110 e. The van der Waals surface area contributed by atoms with Crippen LogP contribution in [0.5, 0.6) is 0 Å². The normalized spacial score (nSPS) is 10.7. The molecule has 2 aromatic heterocycles. The van der Waals surface area contributed by atoms with Gasteiger partial charge in [0.2, 0.25) is 0 Å². The molecule has 2 heterocycles. The first-order valence-electron chi connectivity index (χ1n) is 3.61. The Morgan fingerprint density at radius 3 is 3.09 bits per heavy atom. The fraction of sp³-hybridized carbons (Fsp3) is 0.222. The SMILES string of the molecule is Cc1cc2cc[c]n2c(C)n1. The quantitative estimate of drug-likeness (QED) is 0.552. The standard InChI is InChI=1S/C9H9N2/c1-7-6-9-4-3-5-11(9)8(2)10-7/h3-4,6H,1-2H3. The van der Waals surface area contributed by atoms with Crippen molar-refractivity contribution in [3.8, 4) is 0 Å². The lowest BCUT2D eigenvalue weighted by atomic mass is 10.4. The van der Waals surface area contributed by atoms with Crippen molar-refractivity contribution < 1.29 is 0 Å². The zero-order valence-electron chi connectivity index (χ0n) is 6.63. The van der Waals surface area contributed by atoms with Crippen molar-refractivity contribution in [2.75, 3.05) is 0 Å². The van der Waals surface area contributed by atoms with Gasteiger partial charge in [0, 0.05) is 11.2 Å². The molecule has 2 aromatic rings. The van der Waals surface area contributed by atoms with Gasteiger partial charge < -0.3 is 0 Å². The highest BCUT2D eigenvalue weighted by atomic mass is 15.0. The molecule has 0 aliphatic carbocycles. The second kappa shape index (κ2) is 2.09. The summed E-state index contributed by atoms with van der Waals surface area (Å²) in [6.45, 7) is 3.98. The topological polar surface area (TPSA) is 17.3 Å². The average molecular weight is 145 g/mol. The van der Waals surface area contributed by atoms with Crippen molar-refractivity contribution in [3.63, 3.8) is 0 Å². The second-order valence-electron chi connectivity index (χ2n) is 2.67. The van der Waals surface area contributed by atoms with Crippen LogP contribution in [-0.4, -0.2) is 9.38 Å². The average Bonchev–Trinajstić information content (AvgIpc) is 2.34. The van der Waals surface area contributed by atoms with Crippen LogP contribution in [0, 0.1) is 20.0 Å². The molecule has 2 rings (SSSR count). The molecule has 0 saturated carbocycles. The van der Waals surface area contributed by atoms with Gasteiger partial charge in [-0.05, 0) is 32.0 Å². The molecule has 0 aliphatic rings. The molecule has 2 nitrogen and oxygen atoms in total. The lowest BCUT2D eigenvalue weighted by molar-refractivity contribution is 0.961. The zero-order chi connectivity index (χ0) is 7.84. The Hall–Kier alpha value is -1.31. The largest absolute Gasteiger partial charge is 0.297 e. The van der Waals surface area contributed by atoms with Gasteiger partial charge in [0.05, 0.1) is 6.20 Å². The lowest BCUT2D eigenvalue weighted by Crippen LogP contribution is -1.94. The summed E-state index contributed by atoms with van der Waals surface area (Å²) in [5.41, 5.74) is 2.22. The predicted molar refractivity (Wildman–Crippen MR) is 43.5 cm³/mol. The van der Waals surface area contributed by atoms with Gasteiger partial charge in [0.15, 0.2) is 0 Å². The summed E-state index contributed by atoms with van der Waals surface area (Å²) in [6.07, 6.45) is 3.07. The minimum atomic E-state index is 0.991. The Bertz CT molecular complexity index is 387. The van der Waals surface area contributed by atoms with Crippen molar-refractivity contribution >= 4 is 5.52 Å². The maximum atomic E-state index is 4.31. The summed E-state index contributed by atoms with van der Waals surface area (Å²) in [4.78, 5) is 4.31. The van der Waals surface area contributed by atoms with Crippen molar-refractivity contribution in [1.29, 1.82) is 0 Å². The van der Waals surface area contributed by atoms with Gasteiger partial charge in [0.1, 0.15) is 5.82 Å². The first-order chi connectivity index (χ1) is 5.27. The maximum absolute atomic E-state index is 4.31. The number of hydrogen-bond donors (Lipinski definition) is 0. The molecule has 0 bridgehead atoms. The van der Waals surface area contributed by atoms with Crippen LogP contribution in [0.1, 0.15) is 11.5 Å². The Morgan fingerprint density at radius 1 is 1.45 bits per heavy atom. The summed E-state index contributed by atoms with van der Waals surface area (Å²) in [7, 11) is 0. The molecular formula is C9H9N2. The van der Waals surface area contributed by atoms with E-state index < -0.39 is 0 Å². The number of nitrogens with zero attached hydrogens (tertiary/aromatic N) is 2. The molecule has 2 heteroatoms. The molecular weight excluding hydrogens is 136 g/mol. The van der Waals surface area contributed by atoms with E-state index in [1.165, 1.54) is 0 Å². The number of aryl methyl sites for hydroxylation is 2. The summed E-state index contributed by atoms with van der Waals surface area (Å²) in [6, 6.07) is 5.98. The maximum Gasteiger partial charge on any atom is 0.110 e. The highest BCUT2D eigenvalue weighted by Crippen LogP contribution is 2.06. The summed E-state index contributed by atoms with van der Waals surface area (Å²) in [5.74, 6) is 0.991. The molecule has 0 saturated heterocycles. The number of rotatable bonds is 0. The van der Waals surface area contributed by atoms with E-state index in [2.05, 4.69) is 11.2 Å². The van der Waals surface area contributed by atoms with Gasteiger partial charge in [0.25, 0.3) is 0 Å². The van der Waals surface area contributed by atoms with Gasteiger partial charge >= 0.3 is 0 Å². The van der Waals surface area contributed by atoms with Gasteiger partial charge in [-0.15, -0.1) is 0 Å². The monoisotopic (exact) mass is 145 g/mol. The third kappa shape index (κ3) is 0.909. The minimum Gasteiger partial charge on any atom is -0.297 e. The van der Waals surface area contributed by atoms with Crippen LogP contribution in [0.25, 0.3) is 5.52 Å². The van der Waals surface area contributed by atoms with E-state index >= 15 is 0 Å². The fourth-order valence-corrected chi connectivity index (χ4v) is 1.29. The Kier molecular flexibility index (Phi) is 1.22. The number of aromatic nitrogens is 2. The van der Waals surface area contributed by atoms with Crippen LogP contribution in [0.3, 0.4) is 0 Å². The van der Waals surface area contributed by atoms with E-state index in [0.29, 0.717) is 0 Å². The van der Waals surface area contributed by atoms with E-state index in [1.807, 2.05) is 36.4 Å². The van der Waals surface area contributed by atoms with Crippen LogP contribution in [0.4, 0.5) is 0 Å². The van der Waals surface area contributed by atoms with E-state index in [4.69, 9.17) is 0 Å². The highest BCUT2D eigenvalue weighted by Gasteiger charge is 1.96. The Balaban J connectivity index is 2.91. The molecule has 1 radical (unpaired) electrons. The van der Waals surface area contributed by atoms with Crippen molar-refractivity contribution in [2.24, 2.45) is 0 Å². The van der Waals surface area contributed by atoms with Crippen molar-refractivity contribution in [2.45, 2.75) is 13.8 Å². The predicted octanol–water partition coefficient (Wildman–Crippen LogP) is 1.75. The summed E-state index contributed by atoms with van der Waals surface area (Å²) < 4.78 is 1.95. The summed E-state index contributed by atoms with van der Waals surface area (Å²) in [5, 5.41) is 0. The molecule has 0 spiro atoms. The molecule has 0 unspecified atom stereocenters. The van der Waals surface area contributed by atoms with Gasteiger partial charge in [-0.25, -0.2) is 4.98 Å². The molecule has 0 aromatic carbocycles. The first kappa shape index (κ1) is 6.40. The molecule has 55 valence electrons. The number of fused-ring (bicyclic) bond motifs is 1. The van der Waals surface area contributed by atoms with Crippen LogP contribution in [0.2, 0.25) is 0 Å². The van der Waals surface area contributed by atoms with Crippen LogP contribution in [-0.2, 0) is 0 Å². The minimum absolute atomic E-state index is 0.991. The molecule has 0 amide bonds. The molecule has 0 aliphatic heterocycles. The summed E-state index contributed by atoms with van der Waals surface area (Å²) >= 11 is 0. The Labute approximate surface area is 65.5 Å². The third-order valence-corrected chi connectivity index (χ3v) is 1.73. The van der Waals surface area contributed by atoms with E-state index in [9.17, 15) is 0 Å². The van der Waals surface area contributed by atoms with Crippen LogP contribution >= 0.6 is 0 Å².